The molecular weight excluding hydrogens is 398 g/mol. The fourth-order valence-electron chi connectivity index (χ4n) is 4.98. The van der Waals surface area contributed by atoms with Crippen LogP contribution in [0.2, 0.25) is 0 Å². The summed E-state index contributed by atoms with van der Waals surface area (Å²) in [6.07, 6.45) is 6.61. The van der Waals surface area contributed by atoms with E-state index in [0.717, 1.165) is 63.8 Å². The van der Waals surface area contributed by atoms with Crippen molar-refractivity contribution < 1.29 is 9.90 Å². The summed E-state index contributed by atoms with van der Waals surface area (Å²) in [7, 11) is 0. The number of nitrogens with one attached hydrogen (secondary N) is 1. The minimum Gasteiger partial charge on any atom is -0.396 e. The third kappa shape index (κ3) is 6.11. The standard InChI is InChI=1S/C27H37N3O2/c31-21-23-9-5-17-30(20-23)27(32)24-10-12-26(13-11-24)29-18-14-25(15-19-29)28-16-4-8-22-6-2-1-3-7-22/h1-3,6-7,10-13,23,25,28,31H,4-5,8-9,14-21H2/t23-/m0/s1. The van der Waals surface area contributed by atoms with Crippen LogP contribution in [0.3, 0.4) is 0 Å². The molecule has 0 spiro atoms. The van der Waals surface area contributed by atoms with E-state index in [2.05, 4.69) is 52.7 Å². The predicted octanol–water partition coefficient (Wildman–Crippen LogP) is 3.72. The molecule has 0 unspecified atom stereocenters. The quantitative estimate of drug-likeness (QED) is 0.621. The highest BCUT2D eigenvalue weighted by atomic mass is 16.3. The van der Waals surface area contributed by atoms with Crippen molar-refractivity contribution in [1.82, 2.24) is 10.2 Å². The summed E-state index contributed by atoms with van der Waals surface area (Å²) in [4.78, 5) is 17.2. The van der Waals surface area contributed by atoms with Gasteiger partial charge in [-0.1, -0.05) is 30.3 Å². The molecule has 2 saturated heterocycles. The van der Waals surface area contributed by atoms with Crippen molar-refractivity contribution >= 4 is 11.6 Å². The summed E-state index contributed by atoms with van der Waals surface area (Å²) in [5.74, 6) is 0.313. The Balaban J connectivity index is 1.19. The number of anilines is 1. The maximum Gasteiger partial charge on any atom is 0.253 e. The number of amides is 1. The molecule has 5 nitrogen and oxygen atoms in total. The smallest absolute Gasteiger partial charge is 0.253 e. The Hall–Kier alpha value is -2.37. The maximum atomic E-state index is 12.8. The van der Waals surface area contributed by atoms with Gasteiger partial charge in [-0.05, 0) is 80.8 Å². The molecule has 0 radical (unpaired) electrons. The second kappa shape index (κ2) is 11.5. The first-order valence-electron chi connectivity index (χ1n) is 12.3. The predicted molar refractivity (Wildman–Crippen MR) is 130 cm³/mol. The fraction of sp³-hybridized carbons (Fsp3) is 0.519. The van der Waals surface area contributed by atoms with Gasteiger partial charge in [0.2, 0.25) is 0 Å². The van der Waals surface area contributed by atoms with E-state index < -0.39 is 0 Å². The van der Waals surface area contributed by atoms with Gasteiger partial charge in [-0.2, -0.15) is 0 Å². The maximum absolute atomic E-state index is 12.8. The first-order valence-corrected chi connectivity index (χ1v) is 12.3. The summed E-state index contributed by atoms with van der Waals surface area (Å²) >= 11 is 0. The number of aryl methyl sites for hydroxylation is 1. The molecule has 0 bridgehead atoms. The number of piperidine rings is 2. The average molecular weight is 436 g/mol. The van der Waals surface area contributed by atoms with Crippen LogP contribution in [0, 0.1) is 5.92 Å². The molecule has 0 aromatic heterocycles. The lowest BCUT2D eigenvalue weighted by molar-refractivity contribution is 0.0620. The number of hydrogen-bond donors (Lipinski definition) is 2. The van der Waals surface area contributed by atoms with Crippen LogP contribution < -0.4 is 10.2 Å². The van der Waals surface area contributed by atoms with Crippen LogP contribution in [-0.2, 0) is 6.42 Å². The average Bonchev–Trinajstić information content (AvgIpc) is 2.87. The van der Waals surface area contributed by atoms with Crippen molar-refractivity contribution in [3.05, 3.63) is 65.7 Å². The van der Waals surface area contributed by atoms with Gasteiger partial charge in [-0.25, -0.2) is 0 Å². The number of rotatable bonds is 8. The minimum absolute atomic E-state index is 0.0908. The molecule has 0 aliphatic carbocycles. The molecule has 32 heavy (non-hydrogen) atoms. The fourth-order valence-corrected chi connectivity index (χ4v) is 4.98. The zero-order valence-corrected chi connectivity index (χ0v) is 19.1. The van der Waals surface area contributed by atoms with Crippen molar-refractivity contribution in [2.45, 2.75) is 44.6 Å². The number of aliphatic hydroxyl groups excluding tert-OH is 1. The molecule has 1 amide bonds. The topological polar surface area (TPSA) is 55.8 Å². The molecule has 1 atom stereocenters. The van der Waals surface area contributed by atoms with E-state index in [9.17, 15) is 9.90 Å². The summed E-state index contributed by atoms with van der Waals surface area (Å²) in [5, 5.41) is 13.2. The first kappa shape index (κ1) is 22.8. The van der Waals surface area contributed by atoms with E-state index >= 15 is 0 Å². The monoisotopic (exact) mass is 435 g/mol. The Morgan fingerprint density at radius 1 is 0.969 bits per heavy atom. The lowest BCUT2D eigenvalue weighted by atomic mass is 9.98. The molecule has 5 heteroatoms. The van der Waals surface area contributed by atoms with Crippen LogP contribution >= 0.6 is 0 Å². The van der Waals surface area contributed by atoms with Crippen molar-refractivity contribution in [3.63, 3.8) is 0 Å². The zero-order valence-electron chi connectivity index (χ0n) is 19.1. The normalized spacial score (nSPS) is 19.8. The molecule has 2 aromatic carbocycles. The van der Waals surface area contributed by atoms with Gasteiger partial charge in [0.05, 0.1) is 0 Å². The minimum atomic E-state index is 0.0908. The lowest BCUT2D eigenvalue weighted by Gasteiger charge is -2.34. The van der Waals surface area contributed by atoms with Crippen LogP contribution in [-0.4, -0.2) is 61.3 Å². The van der Waals surface area contributed by atoms with Crippen molar-refractivity contribution in [2.75, 3.05) is 44.2 Å². The second-order valence-corrected chi connectivity index (χ2v) is 9.29. The SMILES string of the molecule is O=C(c1ccc(N2CCC(NCCCc3ccccc3)CC2)cc1)N1CCC[C@H](CO)C1. The molecule has 4 rings (SSSR count). The number of carbonyl (C=O) groups is 1. The van der Waals surface area contributed by atoms with Crippen LogP contribution in [0.25, 0.3) is 0 Å². The van der Waals surface area contributed by atoms with Gasteiger partial charge in [0.25, 0.3) is 5.91 Å². The van der Waals surface area contributed by atoms with E-state index in [1.165, 1.54) is 17.7 Å². The van der Waals surface area contributed by atoms with E-state index in [0.29, 0.717) is 12.6 Å². The van der Waals surface area contributed by atoms with Crippen LogP contribution in [0.1, 0.15) is 48.0 Å². The van der Waals surface area contributed by atoms with Gasteiger partial charge in [0.15, 0.2) is 0 Å². The summed E-state index contributed by atoms with van der Waals surface area (Å²) in [5.41, 5.74) is 3.37. The van der Waals surface area contributed by atoms with E-state index in [1.807, 2.05) is 17.0 Å². The number of carbonyl (C=O) groups excluding carboxylic acids is 1. The van der Waals surface area contributed by atoms with Crippen molar-refractivity contribution in [3.8, 4) is 0 Å². The van der Waals surface area contributed by atoms with E-state index in [1.54, 1.807) is 0 Å². The molecule has 2 aromatic rings. The number of likely N-dealkylation sites (tertiary alicyclic amines) is 1. The Bertz CT molecular complexity index is 832. The van der Waals surface area contributed by atoms with Crippen molar-refractivity contribution in [2.24, 2.45) is 5.92 Å². The zero-order chi connectivity index (χ0) is 22.2. The molecule has 2 fully saturated rings. The number of aliphatic hydroxyl groups is 1. The van der Waals surface area contributed by atoms with Crippen LogP contribution in [0.5, 0.6) is 0 Å². The second-order valence-electron chi connectivity index (χ2n) is 9.29. The van der Waals surface area contributed by atoms with Crippen molar-refractivity contribution in [1.29, 1.82) is 0 Å². The Morgan fingerprint density at radius 2 is 1.72 bits per heavy atom. The van der Waals surface area contributed by atoms with E-state index in [4.69, 9.17) is 0 Å². The van der Waals surface area contributed by atoms with Gasteiger partial charge in [0.1, 0.15) is 0 Å². The number of nitrogens with zero attached hydrogens (tertiary/aromatic N) is 2. The Labute approximate surface area is 192 Å². The summed E-state index contributed by atoms with van der Waals surface area (Å²) in [6.45, 7) is 4.80. The molecule has 172 valence electrons. The molecule has 2 N–H and O–H groups in total. The highest BCUT2D eigenvalue weighted by Crippen LogP contribution is 2.23. The summed E-state index contributed by atoms with van der Waals surface area (Å²) < 4.78 is 0. The van der Waals surface area contributed by atoms with E-state index in [-0.39, 0.29) is 18.4 Å². The molecular formula is C27H37N3O2. The van der Waals surface area contributed by atoms with Gasteiger partial charge >= 0.3 is 0 Å². The number of hydrogen-bond acceptors (Lipinski definition) is 4. The Morgan fingerprint density at radius 3 is 2.44 bits per heavy atom. The molecule has 2 aliphatic heterocycles. The molecule has 0 saturated carbocycles. The first-order chi connectivity index (χ1) is 15.7. The highest BCUT2D eigenvalue weighted by molar-refractivity contribution is 5.94. The van der Waals surface area contributed by atoms with Crippen LogP contribution in [0.15, 0.2) is 54.6 Å². The van der Waals surface area contributed by atoms with Crippen LogP contribution in [0.4, 0.5) is 5.69 Å². The third-order valence-corrected chi connectivity index (χ3v) is 6.96. The lowest BCUT2D eigenvalue weighted by Crippen LogP contribution is -2.43. The number of benzene rings is 2. The van der Waals surface area contributed by atoms with Gasteiger partial charge in [0, 0.05) is 50.1 Å². The molecule has 2 heterocycles. The summed E-state index contributed by atoms with van der Waals surface area (Å²) in [6, 6.07) is 19.4. The largest absolute Gasteiger partial charge is 0.396 e. The Kier molecular flexibility index (Phi) is 8.18. The molecule has 2 aliphatic rings. The third-order valence-electron chi connectivity index (χ3n) is 6.96. The van der Waals surface area contributed by atoms with Gasteiger partial charge < -0.3 is 20.2 Å². The van der Waals surface area contributed by atoms with Gasteiger partial charge in [-0.15, -0.1) is 0 Å². The highest BCUT2D eigenvalue weighted by Gasteiger charge is 2.24. The van der Waals surface area contributed by atoms with Gasteiger partial charge in [-0.3, -0.25) is 4.79 Å².